The molecule has 1 N–H and O–H groups in total. The van der Waals surface area contributed by atoms with Crippen LogP contribution in [0, 0.1) is 0 Å². The molecular weight excluding hydrogens is 371 g/mol. The molecule has 0 unspecified atom stereocenters. The smallest absolute Gasteiger partial charge is 0.324 e. The molecule has 0 radical (unpaired) electrons. The van der Waals surface area contributed by atoms with E-state index >= 15 is 0 Å². The average Bonchev–Trinajstić information content (AvgIpc) is 3.16. The van der Waals surface area contributed by atoms with Gasteiger partial charge in [0.1, 0.15) is 6.54 Å². The summed E-state index contributed by atoms with van der Waals surface area (Å²) in [4.78, 5) is 12.0. The summed E-state index contributed by atoms with van der Waals surface area (Å²) in [5.41, 5.74) is 0.361. The van der Waals surface area contributed by atoms with E-state index in [4.69, 9.17) is 11.6 Å². The molecule has 0 saturated carbocycles. The van der Waals surface area contributed by atoms with Gasteiger partial charge in [0.25, 0.3) is 0 Å². The Morgan fingerprint density at radius 2 is 2.04 bits per heavy atom. The van der Waals surface area contributed by atoms with Gasteiger partial charge in [-0.3, -0.25) is 14.2 Å². The number of aromatic nitrogens is 4. The highest BCUT2D eigenvalue weighted by Gasteiger charge is 2.33. The highest BCUT2D eigenvalue weighted by atomic mass is 35.5. The number of nitrogens with one attached hydrogen (secondary N) is 1. The summed E-state index contributed by atoms with van der Waals surface area (Å²) in [6.07, 6.45) is -0.235. The van der Waals surface area contributed by atoms with E-state index in [9.17, 15) is 18.0 Å². The number of anilines is 1. The molecule has 0 aliphatic heterocycles. The monoisotopic (exact) mass is 383 g/mol. The van der Waals surface area contributed by atoms with Gasteiger partial charge < -0.3 is 5.32 Å². The number of nitrogens with zero attached hydrogens (tertiary/aromatic N) is 4. The summed E-state index contributed by atoms with van der Waals surface area (Å²) in [6, 6.07) is 7.86. The molecule has 3 rings (SSSR count). The fraction of sp³-hybridized carbons (Fsp3) is 0.188. The molecule has 0 spiro atoms. The fourth-order valence-electron chi connectivity index (χ4n) is 2.31. The summed E-state index contributed by atoms with van der Waals surface area (Å²) in [5.74, 6) is -0.485. The Balaban J connectivity index is 1.62. The first-order chi connectivity index (χ1) is 12.3. The first-order valence-electron chi connectivity index (χ1n) is 7.47. The van der Waals surface area contributed by atoms with Crippen LogP contribution in [0.1, 0.15) is 11.3 Å². The van der Waals surface area contributed by atoms with Gasteiger partial charge in [0.2, 0.25) is 5.91 Å². The van der Waals surface area contributed by atoms with Crippen LogP contribution in [0.2, 0.25) is 5.02 Å². The molecule has 0 atom stereocenters. The number of amides is 1. The molecule has 0 bridgehead atoms. The van der Waals surface area contributed by atoms with Crippen molar-refractivity contribution in [1.29, 1.82) is 0 Å². The van der Waals surface area contributed by atoms with Crippen LogP contribution in [0.4, 0.5) is 18.9 Å². The third-order valence-electron chi connectivity index (χ3n) is 3.39. The van der Waals surface area contributed by atoms with E-state index < -0.39 is 17.8 Å². The van der Waals surface area contributed by atoms with Gasteiger partial charge in [-0.05, 0) is 23.8 Å². The SMILES string of the molecule is O=C(Cn1ccc(C(F)(F)F)n1)Nc1cccc(Cn2cc(Cl)cn2)c1. The van der Waals surface area contributed by atoms with Crippen LogP contribution in [-0.2, 0) is 24.1 Å². The molecule has 1 amide bonds. The van der Waals surface area contributed by atoms with Crippen molar-refractivity contribution in [2.45, 2.75) is 19.3 Å². The lowest BCUT2D eigenvalue weighted by Crippen LogP contribution is -2.20. The molecule has 0 aliphatic rings. The van der Waals surface area contributed by atoms with Gasteiger partial charge in [0, 0.05) is 18.1 Å². The van der Waals surface area contributed by atoms with Gasteiger partial charge in [0.05, 0.1) is 17.8 Å². The second kappa shape index (κ2) is 7.20. The number of hydrogen-bond donors (Lipinski definition) is 1. The third kappa shape index (κ3) is 4.63. The first-order valence-corrected chi connectivity index (χ1v) is 7.85. The lowest BCUT2D eigenvalue weighted by Gasteiger charge is -2.08. The van der Waals surface area contributed by atoms with Crippen molar-refractivity contribution in [3.8, 4) is 0 Å². The van der Waals surface area contributed by atoms with E-state index in [0.29, 0.717) is 17.3 Å². The molecule has 6 nitrogen and oxygen atoms in total. The summed E-state index contributed by atoms with van der Waals surface area (Å²) in [5, 5.41) is 10.6. The Hall–Kier alpha value is -2.81. The van der Waals surface area contributed by atoms with Crippen LogP contribution in [0.5, 0.6) is 0 Å². The van der Waals surface area contributed by atoms with Crippen LogP contribution in [0.25, 0.3) is 0 Å². The standard InChI is InChI=1S/C16H13ClF3N5O/c17-12-7-21-25(9-12)8-11-2-1-3-13(6-11)22-15(26)10-24-5-4-14(23-24)16(18,19)20/h1-7,9H,8,10H2,(H,22,26). The minimum absolute atomic E-state index is 0.324. The van der Waals surface area contributed by atoms with E-state index in [2.05, 4.69) is 15.5 Å². The lowest BCUT2D eigenvalue weighted by atomic mass is 10.2. The minimum atomic E-state index is -4.54. The molecule has 2 aromatic heterocycles. The van der Waals surface area contributed by atoms with E-state index in [1.165, 1.54) is 6.20 Å². The van der Waals surface area contributed by atoms with Gasteiger partial charge >= 0.3 is 6.18 Å². The quantitative estimate of drug-likeness (QED) is 0.734. The maximum atomic E-state index is 12.5. The van der Waals surface area contributed by atoms with E-state index in [0.717, 1.165) is 22.5 Å². The van der Waals surface area contributed by atoms with Crippen molar-refractivity contribution in [2.75, 3.05) is 5.32 Å². The number of rotatable bonds is 5. The van der Waals surface area contributed by atoms with Crippen LogP contribution in [0.3, 0.4) is 0 Å². The number of halogens is 4. The molecule has 3 aromatic rings. The molecule has 2 heterocycles. The number of carbonyl (C=O) groups excluding carboxylic acids is 1. The van der Waals surface area contributed by atoms with Crippen molar-refractivity contribution in [3.05, 3.63) is 65.2 Å². The molecule has 26 heavy (non-hydrogen) atoms. The highest BCUT2D eigenvalue weighted by Crippen LogP contribution is 2.27. The molecular formula is C16H13ClF3N5O. The molecule has 10 heteroatoms. The van der Waals surface area contributed by atoms with Crippen LogP contribution in [0.15, 0.2) is 48.9 Å². The number of benzene rings is 1. The van der Waals surface area contributed by atoms with E-state index in [1.54, 1.807) is 29.1 Å². The predicted molar refractivity (Wildman–Crippen MR) is 88.6 cm³/mol. The fourth-order valence-corrected chi connectivity index (χ4v) is 2.46. The van der Waals surface area contributed by atoms with Crippen molar-refractivity contribution >= 4 is 23.2 Å². The molecule has 0 saturated heterocycles. The van der Waals surface area contributed by atoms with Gasteiger partial charge in [-0.2, -0.15) is 23.4 Å². The van der Waals surface area contributed by atoms with E-state index in [1.807, 2.05) is 6.07 Å². The summed E-state index contributed by atoms with van der Waals surface area (Å²) in [6.45, 7) is 0.138. The van der Waals surface area contributed by atoms with Crippen LogP contribution in [-0.4, -0.2) is 25.5 Å². The lowest BCUT2D eigenvalue weighted by molar-refractivity contribution is -0.141. The van der Waals surface area contributed by atoms with Gasteiger partial charge in [-0.1, -0.05) is 23.7 Å². The van der Waals surface area contributed by atoms with Crippen molar-refractivity contribution in [2.24, 2.45) is 0 Å². The highest BCUT2D eigenvalue weighted by molar-refractivity contribution is 6.30. The molecule has 1 aromatic carbocycles. The Labute approximate surface area is 151 Å². The van der Waals surface area contributed by atoms with Gasteiger partial charge in [-0.25, -0.2) is 0 Å². The van der Waals surface area contributed by atoms with Crippen LogP contribution >= 0.6 is 11.6 Å². The summed E-state index contributed by atoms with van der Waals surface area (Å²) >= 11 is 5.81. The van der Waals surface area contributed by atoms with Gasteiger partial charge in [0.15, 0.2) is 5.69 Å². The third-order valence-corrected chi connectivity index (χ3v) is 3.59. The topological polar surface area (TPSA) is 64.7 Å². The first kappa shape index (κ1) is 18.0. The second-order valence-corrected chi connectivity index (χ2v) is 5.94. The minimum Gasteiger partial charge on any atom is -0.324 e. The molecule has 0 aliphatic carbocycles. The second-order valence-electron chi connectivity index (χ2n) is 5.50. The molecule has 136 valence electrons. The number of hydrogen-bond acceptors (Lipinski definition) is 3. The molecule has 0 fully saturated rings. The maximum Gasteiger partial charge on any atom is 0.435 e. The maximum absolute atomic E-state index is 12.5. The zero-order valence-corrected chi connectivity index (χ0v) is 14.0. The Morgan fingerprint density at radius 1 is 1.23 bits per heavy atom. The van der Waals surface area contributed by atoms with Crippen molar-refractivity contribution < 1.29 is 18.0 Å². The largest absolute Gasteiger partial charge is 0.435 e. The predicted octanol–water partition coefficient (Wildman–Crippen LogP) is 3.44. The average molecular weight is 384 g/mol. The normalized spacial score (nSPS) is 11.5. The number of carbonyl (C=O) groups is 1. The Bertz CT molecular complexity index is 919. The summed E-state index contributed by atoms with van der Waals surface area (Å²) in [7, 11) is 0. The number of alkyl halides is 3. The Kier molecular flexibility index (Phi) is 4.99. The zero-order valence-electron chi connectivity index (χ0n) is 13.2. The van der Waals surface area contributed by atoms with Gasteiger partial charge in [-0.15, -0.1) is 0 Å². The van der Waals surface area contributed by atoms with E-state index in [-0.39, 0.29) is 6.54 Å². The summed E-state index contributed by atoms with van der Waals surface area (Å²) < 4.78 is 40.1. The van der Waals surface area contributed by atoms with Crippen molar-refractivity contribution in [1.82, 2.24) is 19.6 Å². The van der Waals surface area contributed by atoms with Crippen LogP contribution < -0.4 is 5.32 Å². The Morgan fingerprint density at radius 3 is 2.69 bits per heavy atom. The van der Waals surface area contributed by atoms with Crippen molar-refractivity contribution in [3.63, 3.8) is 0 Å². The zero-order chi connectivity index (χ0) is 18.7.